The summed E-state index contributed by atoms with van der Waals surface area (Å²) in [6.07, 6.45) is 1.44. The summed E-state index contributed by atoms with van der Waals surface area (Å²) in [5.41, 5.74) is 1.26. The first-order valence-corrected chi connectivity index (χ1v) is 9.17. The maximum atomic E-state index is 12.0. The monoisotopic (exact) mass is 436 g/mol. The lowest BCUT2D eigenvalue weighted by molar-refractivity contribution is -0.123. The topological polar surface area (TPSA) is 76.7 Å². The molecule has 2 amide bonds. The standard InChI is InChI=1S/C19H14Cl2N2O4S/c1-26-15-5-2-10(6-13-17(24)22-19(28)23-18(13)25)7-16(15)27-9-11-3-4-12(20)8-14(11)21/h2-8H,9H2,1H3,(H2,22,23,24,25,28). The number of amides is 2. The summed E-state index contributed by atoms with van der Waals surface area (Å²) in [6.45, 7) is 0.182. The number of ether oxygens (including phenoxy) is 2. The fraction of sp³-hybridized carbons (Fsp3) is 0.105. The molecule has 28 heavy (non-hydrogen) atoms. The zero-order valence-electron chi connectivity index (χ0n) is 14.5. The van der Waals surface area contributed by atoms with Crippen molar-refractivity contribution in [1.29, 1.82) is 0 Å². The zero-order chi connectivity index (χ0) is 20.3. The fourth-order valence-electron chi connectivity index (χ4n) is 2.46. The Morgan fingerprint density at radius 3 is 2.39 bits per heavy atom. The Balaban J connectivity index is 1.86. The van der Waals surface area contributed by atoms with Crippen LogP contribution in [-0.2, 0) is 16.2 Å². The van der Waals surface area contributed by atoms with Gasteiger partial charge in [-0.15, -0.1) is 0 Å². The largest absolute Gasteiger partial charge is 0.493 e. The van der Waals surface area contributed by atoms with Gasteiger partial charge in [-0.1, -0.05) is 35.3 Å². The van der Waals surface area contributed by atoms with Gasteiger partial charge in [-0.05, 0) is 48.1 Å². The summed E-state index contributed by atoms with van der Waals surface area (Å²) < 4.78 is 11.1. The Morgan fingerprint density at radius 1 is 1.04 bits per heavy atom. The molecule has 9 heteroatoms. The van der Waals surface area contributed by atoms with Crippen LogP contribution < -0.4 is 20.1 Å². The third-order valence-corrected chi connectivity index (χ3v) is 4.63. The molecule has 0 atom stereocenters. The first-order chi connectivity index (χ1) is 13.4. The Kier molecular flexibility index (Phi) is 6.18. The van der Waals surface area contributed by atoms with Crippen molar-refractivity contribution in [3.05, 3.63) is 63.1 Å². The Hall–Kier alpha value is -2.61. The first kappa shape index (κ1) is 20.1. The second kappa shape index (κ2) is 8.60. The summed E-state index contributed by atoms with van der Waals surface area (Å²) >= 11 is 16.9. The number of carbonyl (C=O) groups excluding carboxylic acids is 2. The predicted molar refractivity (Wildman–Crippen MR) is 111 cm³/mol. The molecular weight excluding hydrogens is 423 g/mol. The lowest BCUT2D eigenvalue weighted by atomic mass is 10.1. The van der Waals surface area contributed by atoms with E-state index in [1.807, 2.05) is 0 Å². The van der Waals surface area contributed by atoms with Gasteiger partial charge in [-0.2, -0.15) is 0 Å². The van der Waals surface area contributed by atoms with Crippen molar-refractivity contribution < 1.29 is 19.1 Å². The molecule has 1 fully saturated rings. The number of rotatable bonds is 5. The van der Waals surface area contributed by atoms with E-state index in [2.05, 4.69) is 10.6 Å². The third kappa shape index (κ3) is 4.62. The lowest BCUT2D eigenvalue weighted by Crippen LogP contribution is -2.51. The highest BCUT2D eigenvalue weighted by molar-refractivity contribution is 7.80. The molecule has 0 saturated carbocycles. The zero-order valence-corrected chi connectivity index (χ0v) is 16.9. The lowest BCUT2D eigenvalue weighted by Gasteiger charge is -2.16. The van der Waals surface area contributed by atoms with Crippen molar-refractivity contribution >= 4 is 58.4 Å². The number of hydrogen-bond donors (Lipinski definition) is 2. The van der Waals surface area contributed by atoms with Gasteiger partial charge in [-0.25, -0.2) is 0 Å². The van der Waals surface area contributed by atoms with E-state index < -0.39 is 11.8 Å². The number of methoxy groups -OCH3 is 1. The Bertz CT molecular complexity index is 985. The van der Waals surface area contributed by atoms with Gasteiger partial charge in [-0.3, -0.25) is 20.2 Å². The molecule has 0 aromatic heterocycles. The molecule has 2 aromatic carbocycles. The summed E-state index contributed by atoms with van der Waals surface area (Å²) in [4.78, 5) is 24.0. The molecule has 1 saturated heterocycles. The number of carbonyl (C=O) groups is 2. The molecule has 2 N–H and O–H groups in total. The molecule has 2 aromatic rings. The van der Waals surface area contributed by atoms with E-state index in [4.69, 9.17) is 44.9 Å². The normalized spacial score (nSPS) is 13.7. The van der Waals surface area contributed by atoms with Crippen LogP contribution in [0.25, 0.3) is 6.08 Å². The van der Waals surface area contributed by atoms with Crippen molar-refractivity contribution in [2.24, 2.45) is 0 Å². The van der Waals surface area contributed by atoms with E-state index >= 15 is 0 Å². The number of hydrogen-bond acceptors (Lipinski definition) is 5. The van der Waals surface area contributed by atoms with Crippen LogP contribution in [0.1, 0.15) is 11.1 Å². The summed E-state index contributed by atoms with van der Waals surface area (Å²) in [5.74, 6) is -0.221. The van der Waals surface area contributed by atoms with Gasteiger partial charge in [0.25, 0.3) is 11.8 Å². The van der Waals surface area contributed by atoms with Gasteiger partial charge in [0.1, 0.15) is 12.2 Å². The quantitative estimate of drug-likeness (QED) is 0.426. The SMILES string of the molecule is COc1ccc(C=C2C(=O)NC(=S)NC2=O)cc1OCc1ccc(Cl)cc1Cl. The van der Waals surface area contributed by atoms with E-state index in [1.54, 1.807) is 36.4 Å². The highest BCUT2D eigenvalue weighted by atomic mass is 35.5. The van der Waals surface area contributed by atoms with E-state index in [0.29, 0.717) is 27.1 Å². The molecule has 0 bridgehead atoms. The average Bonchev–Trinajstić information content (AvgIpc) is 2.64. The van der Waals surface area contributed by atoms with E-state index in [0.717, 1.165) is 5.56 Å². The molecule has 0 spiro atoms. The molecular formula is C19H14Cl2N2O4S. The number of halogens is 2. The first-order valence-electron chi connectivity index (χ1n) is 8.00. The van der Waals surface area contributed by atoms with Crippen LogP contribution in [0.5, 0.6) is 11.5 Å². The van der Waals surface area contributed by atoms with Crippen molar-refractivity contribution in [2.45, 2.75) is 6.61 Å². The molecule has 1 aliphatic rings. The number of nitrogens with one attached hydrogen (secondary N) is 2. The van der Waals surface area contributed by atoms with Gasteiger partial charge in [0, 0.05) is 15.6 Å². The molecule has 1 heterocycles. The second-order valence-electron chi connectivity index (χ2n) is 5.73. The van der Waals surface area contributed by atoms with Gasteiger partial charge in [0.15, 0.2) is 16.6 Å². The second-order valence-corrected chi connectivity index (χ2v) is 6.98. The van der Waals surface area contributed by atoms with Crippen LogP contribution in [0.15, 0.2) is 42.0 Å². The molecule has 0 aliphatic carbocycles. The summed E-state index contributed by atoms with van der Waals surface area (Å²) in [5, 5.41) is 5.76. The maximum absolute atomic E-state index is 12.0. The van der Waals surface area contributed by atoms with Crippen molar-refractivity contribution in [3.8, 4) is 11.5 Å². The van der Waals surface area contributed by atoms with Gasteiger partial charge in [0.05, 0.1) is 7.11 Å². The summed E-state index contributed by atoms with van der Waals surface area (Å²) in [7, 11) is 1.51. The minimum atomic E-state index is -0.569. The van der Waals surface area contributed by atoms with Crippen LogP contribution >= 0.6 is 35.4 Å². The van der Waals surface area contributed by atoms with Crippen LogP contribution in [-0.4, -0.2) is 24.0 Å². The highest BCUT2D eigenvalue weighted by Gasteiger charge is 2.25. The Labute approximate surface area is 176 Å². The third-order valence-electron chi connectivity index (χ3n) is 3.84. The molecule has 3 rings (SSSR count). The molecule has 1 aliphatic heterocycles. The van der Waals surface area contributed by atoms with Gasteiger partial charge < -0.3 is 9.47 Å². The minimum absolute atomic E-state index is 0.0225. The highest BCUT2D eigenvalue weighted by Crippen LogP contribution is 2.31. The number of thiocarbonyl (C=S) groups is 1. The molecule has 0 radical (unpaired) electrons. The minimum Gasteiger partial charge on any atom is -0.493 e. The van der Waals surface area contributed by atoms with E-state index in [1.165, 1.54) is 13.2 Å². The predicted octanol–water partition coefficient (Wildman–Crippen LogP) is 3.50. The van der Waals surface area contributed by atoms with Crippen molar-refractivity contribution in [3.63, 3.8) is 0 Å². The molecule has 144 valence electrons. The van der Waals surface area contributed by atoms with Crippen molar-refractivity contribution in [2.75, 3.05) is 7.11 Å². The maximum Gasteiger partial charge on any atom is 0.263 e. The molecule has 6 nitrogen and oxygen atoms in total. The fourth-order valence-corrected chi connectivity index (χ4v) is 3.11. The van der Waals surface area contributed by atoms with E-state index in [-0.39, 0.29) is 17.3 Å². The van der Waals surface area contributed by atoms with Crippen LogP contribution in [0.4, 0.5) is 0 Å². The summed E-state index contributed by atoms with van der Waals surface area (Å²) in [6, 6.07) is 10.1. The van der Waals surface area contributed by atoms with E-state index in [9.17, 15) is 9.59 Å². The van der Waals surface area contributed by atoms with Crippen LogP contribution in [0.2, 0.25) is 10.0 Å². The Morgan fingerprint density at radius 2 is 1.75 bits per heavy atom. The smallest absolute Gasteiger partial charge is 0.263 e. The molecule has 0 unspecified atom stereocenters. The van der Waals surface area contributed by atoms with Crippen molar-refractivity contribution in [1.82, 2.24) is 10.6 Å². The van der Waals surface area contributed by atoms with Crippen LogP contribution in [0.3, 0.4) is 0 Å². The van der Waals surface area contributed by atoms with Gasteiger partial charge in [0.2, 0.25) is 0 Å². The average molecular weight is 437 g/mol. The number of benzene rings is 2. The van der Waals surface area contributed by atoms with Crippen LogP contribution in [0, 0.1) is 0 Å². The van der Waals surface area contributed by atoms with Gasteiger partial charge >= 0.3 is 0 Å².